The van der Waals surface area contributed by atoms with Gasteiger partial charge in [-0.2, -0.15) is 4.31 Å². The average Bonchev–Trinajstić information content (AvgIpc) is 3.27. The fourth-order valence-corrected chi connectivity index (χ4v) is 5.57. The smallest absolute Gasteiger partial charge is 0.243 e. The molecule has 2 aromatic carbocycles. The highest BCUT2D eigenvalue weighted by Crippen LogP contribution is 2.27. The van der Waals surface area contributed by atoms with Crippen molar-refractivity contribution in [3.05, 3.63) is 60.3 Å². The number of hydrogen-bond acceptors (Lipinski definition) is 3. The second-order valence-corrected chi connectivity index (χ2v) is 10.3. The van der Waals surface area contributed by atoms with Crippen LogP contribution in [0.5, 0.6) is 0 Å². The van der Waals surface area contributed by atoms with Crippen LogP contribution in [-0.2, 0) is 14.8 Å². The number of aromatic nitrogens is 1. The zero-order chi connectivity index (χ0) is 22.0. The summed E-state index contributed by atoms with van der Waals surface area (Å²) in [4.78, 5) is 16.0. The van der Waals surface area contributed by atoms with Crippen molar-refractivity contribution in [1.29, 1.82) is 0 Å². The highest BCUT2D eigenvalue weighted by molar-refractivity contribution is 7.89. The second kappa shape index (κ2) is 8.85. The molecule has 4 rings (SSSR count). The molecule has 0 radical (unpaired) electrons. The average molecular weight is 440 g/mol. The van der Waals surface area contributed by atoms with Crippen LogP contribution in [0.1, 0.15) is 44.6 Å². The number of rotatable bonds is 6. The predicted molar refractivity (Wildman–Crippen MR) is 124 cm³/mol. The SMILES string of the molecule is CCC(C)c1ccc(NC(=O)C2CCN(S(=O)(=O)c3ccc4cc[nH]c4c3)CC2)cc1. The Bertz CT molecular complexity index is 1160. The minimum Gasteiger partial charge on any atom is -0.361 e. The summed E-state index contributed by atoms with van der Waals surface area (Å²) in [7, 11) is -3.57. The summed E-state index contributed by atoms with van der Waals surface area (Å²) >= 11 is 0. The van der Waals surface area contributed by atoms with E-state index in [0.29, 0.717) is 31.8 Å². The van der Waals surface area contributed by atoms with Gasteiger partial charge in [0.25, 0.3) is 0 Å². The molecule has 0 aliphatic carbocycles. The molecule has 1 unspecified atom stereocenters. The van der Waals surface area contributed by atoms with E-state index in [-0.39, 0.29) is 16.7 Å². The Morgan fingerprint density at radius 3 is 2.52 bits per heavy atom. The van der Waals surface area contributed by atoms with Gasteiger partial charge in [0.1, 0.15) is 0 Å². The van der Waals surface area contributed by atoms with Crippen LogP contribution in [0, 0.1) is 5.92 Å². The number of amides is 1. The van der Waals surface area contributed by atoms with Gasteiger partial charge in [-0.3, -0.25) is 4.79 Å². The standard InChI is InChI=1S/C24H29N3O3S/c1-3-17(2)18-4-7-21(8-5-18)26-24(28)20-11-14-27(15-12-20)31(29,30)22-9-6-19-10-13-25-23(19)16-22/h4-10,13,16-17,20,25H,3,11-12,14-15H2,1-2H3,(H,26,28). The first-order valence-electron chi connectivity index (χ1n) is 10.9. The maximum atomic E-state index is 13.0. The van der Waals surface area contributed by atoms with E-state index in [0.717, 1.165) is 23.0 Å². The van der Waals surface area contributed by atoms with Crippen LogP contribution in [-0.4, -0.2) is 36.7 Å². The molecule has 2 heterocycles. The molecule has 1 atom stereocenters. The zero-order valence-electron chi connectivity index (χ0n) is 18.0. The lowest BCUT2D eigenvalue weighted by molar-refractivity contribution is -0.120. The van der Waals surface area contributed by atoms with E-state index in [4.69, 9.17) is 0 Å². The fourth-order valence-electron chi connectivity index (χ4n) is 4.07. The highest BCUT2D eigenvalue weighted by atomic mass is 32.2. The van der Waals surface area contributed by atoms with E-state index in [1.54, 1.807) is 18.3 Å². The van der Waals surface area contributed by atoms with Crippen LogP contribution >= 0.6 is 0 Å². The number of nitrogens with zero attached hydrogens (tertiary/aromatic N) is 1. The molecule has 1 fully saturated rings. The first-order chi connectivity index (χ1) is 14.9. The molecular weight excluding hydrogens is 410 g/mol. The first-order valence-corrected chi connectivity index (χ1v) is 12.3. The summed E-state index contributed by atoms with van der Waals surface area (Å²) in [6.45, 7) is 5.03. The Morgan fingerprint density at radius 1 is 1.13 bits per heavy atom. The molecule has 0 bridgehead atoms. The Morgan fingerprint density at radius 2 is 1.84 bits per heavy atom. The normalized spacial score (nSPS) is 17.0. The third kappa shape index (κ3) is 4.52. The van der Waals surface area contributed by atoms with Gasteiger partial charge in [0.15, 0.2) is 0 Å². The third-order valence-corrected chi connectivity index (χ3v) is 8.24. The van der Waals surface area contributed by atoms with Gasteiger partial charge in [-0.25, -0.2) is 8.42 Å². The molecule has 31 heavy (non-hydrogen) atoms. The molecule has 6 nitrogen and oxygen atoms in total. The summed E-state index contributed by atoms with van der Waals surface area (Å²) in [5.74, 6) is 0.265. The molecule has 0 saturated carbocycles. The molecule has 1 amide bonds. The maximum Gasteiger partial charge on any atom is 0.243 e. The van der Waals surface area contributed by atoms with Crippen molar-refractivity contribution in [3.63, 3.8) is 0 Å². The van der Waals surface area contributed by atoms with Gasteiger partial charge in [0.2, 0.25) is 15.9 Å². The number of H-pyrrole nitrogens is 1. The molecule has 2 N–H and O–H groups in total. The largest absolute Gasteiger partial charge is 0.361 e. The summed E-state index contributed by atoms with van der Waals surface area (Å²) in [5, 5.41) is 3.97. The topological polar surface area (TPSA) is 82.3 Å². The fraction of sp³-hybridized carbons (Fsp3) is 0.375. The van der Waals surface area contributed by atoms with Gasteiger partial charge >= 0.3 is 0 Å². The molecule has 1 aliphatic rings. The summed E-state index contributed by atoms with van der Waals surface area (Å²) in [6, 6.07) is 15.0. The predicted octanol–water partition coefficient (Wildman–Crippen LogP) is 4.72. The lowest BCUT2D eigenvalue weighted by Gasteiger charge is -2.30. The van der Waals surface area contributed by atoms with Crippen molar-refractivity contribution >= 4 is 32.5 Å². The monoisotopic (exact) mass is 439 g/mol. The second-order valence-electron chi connectivity index (χ2n) is 8.33. The summed E-state index contributed by atoms with van der Waals surface area (Å²) < 4.78 is 27.6. The van der Waals surface area contributed by atoms with E-state index in [1.807, 2.05) is 24.3 Å². The molecule has 164 valence electrons. The Kier molecular flexibility index (Phi) is 6.16. The van der Waals surface area contributed by atoms with Crippen molar-refractivity contribution in [2.45, 2.75) is 43.9 Å². The van der Waals surface area contributed by atoms with Gasteiger partial charge in [-0.1, -0.05) is 32.0 Å². The number of benzene rings is 2. The van der Waals surface area contributed by atoms with E-state index in [1.165, 1.54) is 9.87 Å². The van der Waals surface area contributed by atoms with Crippen molar-refractivity contribution < 1.29 is 13.2 Å². The highest BCUT2D eigenvalue weighted by Gasteiger charge is 2.32. The van der Waals surface area contributed by atoms with Crippen LogP contribution in [0.15, 0.2) is 59.6 Å². The molecule has 0 spiro atoms. The Hall–Kier alpha value is -2.64. The van der Waals surface area contributed by atoms with Gasteiger partial charge in [0.05, 0.1) is 4.90 Å². The number of fused-ring (bicyclic) bond motifs is 1. The van der Waals surface area contributed by atoms with Crippen molar-refractivity contribution in [3.8, 4) is 0 Å². The third-order valence-electron chi connectivity index (χ3n) is 6.35. The van der Waals surface area contributed by atoms with Crippen molar-refractivity contribution in [1.82, 2.24) is 9.29 Å². The molecule has 1 aliphatic heterocycles. The molecule has 7 heteroatoms. The maximum absolute atomic E-state index is 13.0. The van der Waals surface area contributed by atoms with Crippen LogP contribution in [0.2, 0.25) is 0 Å². The number of carbonyl (C=O) groups is 1. The van der Waals surface area contributed by atoms with Crippen LogP contribution in [0.4, 0.5) is 5.69 Å². The van der Waals surface area contributed by atoms with Crippen LogP contribution in [0.25, 0.3) is 10.9 Å². The number of piperidine rings is 1. The molecule has 1 saturated heterocycles. The first kappa shape index (κ1) is 21.6. The minimum absolute atomic E-state index is 0.0406. The van der Waals surface area contributed by atoms with E-state index < -0.39 is 10.0 Å². The Balaban J connectivity index is 1.37. The quantitative estimate of drug-likeness (QED) is 0.583. The molecule has 3 aromatic rings. The summed E-state index contributed by atoms with van der Waals surface area (Å²) in [5.41, 5.74) is 2.84. The Labute approximate surface area is 183 Å². The molecule has 1 aromatic heterocycles. The van der Waals surface area contributed by atoms with Crippen LogP contribution in [0.3, 0.4) is 0 Å². The number of nitrogens with one attached hydrogen (secondary N) is 2. The summed E-state index contributed by atoms with van der Waals surface area (Å²) in [6.07, 6.45) is 3.90. The van der Waals surface area contributed by atoms with E-state index in [2.05, 4.69) is 36.3 Å². The number of sulfonamides is 1. The van der Waals surface area contributed by atoms with Gasteiger partial charge in [-0.05, 0) is 66.5 Å². The number of carbonyl (C=O) groups excluding carboxylic acids is 1. The van der Waals surface area contributed by atoms with Crippen molar-refractivity contribution in [2.75, 3.05) is 18.4 Å². The zero-order valence-corrected chi connectivity index (χ0v) is 18.8. The van der Waals surface area contributed by atoms with E-state index >= 15 is 0 Å². The van der Waals surface area contributed by atoms with Gasteiger partial charge in [0, 0.05) is 36.4 Å². The lowest BCUT2D eigenvalue weighted by atomic mass is 9.96. The molecular formula is C24H29N3O3S. The minimum atomic E-state index is -3.57. The van der Waals surface area contributed by atoms with Crippen molar-refractivity contribution in [2.24, 2.45) is 5.92 Å². The number of aromatic amines is 1. The van der Waals surface area contributed by atoms with E-state index in [9.17, 15) is 13.2 Å². The number of hydrogen-bond donors (Lipinski definition) is 2. The van der Waals surface area contributed by atoms with Crippen LogP contribution < -0.4 is 5.32 Å². The number of anilines is 1. The van der Waals surface area contributed by atoms with Gasteiger partial charge in [-0.15, -0.1) is 0 Å². The van der Waals surface area contributed by atoms with Gasteiger partial charge < -0.3 is 10.3 Å². The lowest BCUT2D eigenvalue weighted by Crippen LogP contribution is -2.41.